The van der Waals surface area contributed by atoms with Gasteiger partial charge in [-0.25, -0.2) is 8.42 Å². The molecule has 0 aromatic heterocycles. The topological polar surface area (TPSA) is 51.2 Å². The fourth-order valence-corrected chi connectivity index (χ4v) is 2.96. The van der Waals surface area contributed by atoms with Gasteiger partial charge in [-0.1, -0.05) is 19.8 Å². The predicted molar refractivity (Wildman–Crippen MR) is 65.1 cm³/mol. The van der Waals surface area contributed by atoms with E-state index in [2.05, 4.69) is 6.92 Å². The van der Waals surface area contributed by atoms with E-state index in [-0.39, 0.29) is 17.5 Å². The van der Waals surface area contributed by atoms with Crippen molar-refractivity contribution in [3.63, 3.8) is 0 Å². The van der Waals surface area contributed by atoms with Crippen molar-refractivity contribution in [2.45, 2.75) is 45.4 Å². The zero-order valence-corrected chi connectivity index (χ0v) is 11.1. The van der Waals surface area contributed by atoms with Gasteiger partial charge in [0.1, 0.15) is 15.6 Å². The standard InChI is InChI=1S/C12H22O3S/c1-10-5-7-11(8-6-10)12(13)4-3-9-16(2,14)15/h10-11H,3-9H2,1-2H3. The minimum Gasteiger partial charge on any atom is -0.299 e. The smallest absolute Gasteiger partial charge is 0.147 e. The number of hydrogen-bond donors (Lipinski definition) is 0. The van der Waals surface area contributed by atoms with Crippen molar-refractivity contribution in [2.75, 3.05) is 12.0 Å². The number of carbonyl (C=O) groups is 1. The molecule has 94 valence electrons. The van der Waals surface area contributed by atoms with Gasteiger partial charge in [0.05, 0.1) is 5.75 Å². The lowest BCUT2D eigenvalue weighted by Crippen LogP contribution is -2.21. The molecule has 4 heteroatoms. The minimum atomic E-state index is -2.91. The van der Waals surface area contributed by atoms with Crippen LogP contribution in [0.1, 0.15) is 45.4 Å². The van der Waals surface area contributed by atoms with Crippen molar-refractivity contribution in [3.05, 3.63) is 0 Å². The zero-order valence-electron chi connectivity index (χ0n) is 10.2. The Labute approximate surface area is 98.5 Å². The first kappa shape index (κ1) is 13.7. The van der Waals surface area contributed by atoms with Crippen molar-refractivity contribution in [3.8, 4) is 0 Å². The molecular formula is C12H22O3S. The van der Waals surface area contributed by atoms with E-state index in [0.29, 0.717) is 12.8 Å². The van der Waals surface area contributed by atoms with Crippen LogP contribution in [0.3, 0.4) is 0 Å². The van der Waals surface area contributed by atoms with E-state index < -0.39 is 9.84 Å². The Bertz CT molecular complexity index is 324. The zero-order chi connectivity index (χ0) is 12.2. The van der Waals surface area contributed by atoms with E-state index in [1.165, 1.54) is 6.26 Å². The van der Waals surface area contributed by atoms with Crippen molar-refractivity contribution in [1.29, 1.82) is 0 Å². The quantitative estimate of drug-likeness (QED) is 0.747. The lowest BCUT2D eigenvalue weighted by atomic mass is 9.80. The number of hydrogen-bond acceptors (Lipinski definition) is 3. The number of ketones is 1. The Balaban J connectivity index is 2.25. The van der Waals surface area contributed by atoms with Crippen molar-refractivity contribution >= 4 is 15.6 Å². The lowest BCUT2D eigenvalue weighted by molar-refractivity contribution is -0.124. The number of rotatable bonds is 5. The highest BCUT2D eigenvalue weighted by Gasteiger charge is 2.23. The maximum Gasteiger partial charge on any atom is 0.147 e. The van der Waals surface area contributed by atoms with Gasteiger partial charge in [0.25, 0.3) is 0 Å². The highest BCUT2D eigenvalue weighted by Crippen LogP contribution is 2.29. The van der Waals surface area contributed by atoms with Crippen LogP contribution in [0, 0.1) is 11.8 Å². The van der Waals surface area contributed by atoms with Crippen LogP contribution in [0.5, 0.6) is 0 Å². The van der Waals surface area contributed by atoms with Crippen LogP contribution in [0.2, 0.25) is 0 Å². The molecule has 0 amide bonds. The van der Waals surface area contributed by atoms with Crippen molar-refractivity contribution < 1.29 is 13.2 Å². The Kier molecular flexibility index (Phi) is 4.96. The molecule has 0 atom stereocenters. The maximum absolute atomic E-state index is 11.8. The number of sulfone groups is 1. The van der Waals surface area contributed by atoms with E-state index in [1.807, 2.05) is 0 Å². The molecule has 0 aromatic carbocycles. The average molecular weight is 246 g/mol. The number of carbonyl (C=O) groups excluding carboxylic acids is 1. The van der Waals surface area contributed by atoms with E-state index in [9.17, 15) is 13.2 Å². The third-order valence-corrected chi connectivity index (χ3v) is 4.44. The molecule has 1 fully saturated rings. The highest BCUT2D eigenvalue weighted by atomic mass is 32.2. The molecule has 1 aliphatic carbocycles. The van der Waals surface area contributed by atoms with Crippen LogP contribution in [-0.2, 0) is 14.6 Å². The molecule has 1 rings (SSSR count). The largest absolute Gasteiger partial charge is 0.299 e. The minimum absolute atomic E-state index is 0.141. The van der Waals surface area contributed by atoms with Crippen LogP contribution in [0.25, 0.3) is 0 Å². The number of Topliss-reactive ketones (excluding diaryl/α,β-unsaturated/α-hetero) is 1. The van der Waals surface area contributed by atoms with Crippen LogP contribution >= 0.6 is 0 Å². The first-order chi connectivity index (χ1) is 7.38. The van der Waals surface area contributed by atoms with Gasteiger partial charge in [0, 0.05) is 18.6 Å². The SMILES string of the molecule is CC1CCC(C(=O)CCCS(C)(=O)=O)CC1. The molecule has 0 aliphatic heterocycles. The van der Waals surface area contributed by atoms with E-state index >= 15 is 0 Å². The molecule has 0 heterocycles. The molecule has 0 saturated heterocycles. The van der Waals surface area contributed by atoms with Gasteiger partial charge < -0.3 is 0 Å². The van der Waals surface area contributed by atoms with Gasteiger partial charge in [-0.3, -0.25) is 4.79 Å². The average Bonchev–Trinajstić information content (AvgIpc) is 2.16. The van der Waals surface area contributed by atoms with Crippen LogP contribution in [-0.4, -0.2) is 26.2 Å². The normalized spacial score (nSPS) is 26.6. The first-order valence-corrected chi connectivity index (χ1v) is 8.15. The molecule has 3 nitrogen and oxygen atoms in total. The summed E-state index contributed by atoms with van der Waals surface area (Å²) in [5, 5.41) is 0. The predicted octanol–water partition coefficient (Wildman–Crippen LogP) is 2.21. The van der Waals surface area contributed by atoms with Gasteiger partial charge in [0.2, 0.25) is 0 Å². The second-order valence-electron chi connectivity index (χ2n) is 5.16. The van der Waals surface area contributed by atoms with Crippen LogP contribution < -0.4 is 0 Å². The van der Waals surface area contributed by atoms with Gasteiger partial charge in [-0.15, -0.1) is 0 Å². The van der Waals surface area contributed by atoms with Crippen LogP contribution in [0.15, 0.2) is 0 Å². The maximum atomic E-state index is 11.8. The van der Waals surface area contributed by atoms with Gasteiger partial charge in [-0.2, -0.15) is 0 Å². The summed E-state index contributed by atoms with van der Waals surface area (Å²) in [5.41, 5.74) is 0. The third kappa shape index (κ3) is 5.10. The molecule has 1 saturated carbocycles. The molecular weight excluding hydrogens is 224 g/mol. The summed E-state index contributed by atoms with van der Waals surface area (Å²) >= 11 is 0. The van der Waals surface area contributed by atoms with E-state index in [0.717, 1.165) is 31.6 Å². The molecule has 0 bridgehead atoms. The molecule has 0 N–H and O–H groups in total. The summed E-state index contributed by atoms with van der Waals surface area (Å²) in [4.78, 5) is 11.8. The molecule has 0 radical (unpaired) electrons. The molecule has 0 aromatic rings. The Morgan fingerprint density at radius 2 is 1.75 bits per heavy atom. The van der Waals surface area contributed by atoms with E-state index in [4.69, 9.17) is 0 Å². The fourth-order valence-electron chi connectivity index (χ4n) is 2.29. The second kappa shape index (κ2) is 5.80. The molecule has 16 heavy (non-hydrogen) atoms. The summed E-state index contributed by atoms with van der Waals surface area (Å²) in [7, 11) is -2.91. The van der Waals surface area contributed by atoms with Crippen molar-refractivity contribution in [1.82, 2.24) is 0 Å². The summed E-state index contributed by atoms with van der Waals surface area (Å²) in [6.07, 6.45) is 6.43. The molecule has 0 unspecified atom stereocenters. The second-order valence-corrected chi connectivity index (χ2v) is 7.42. The summed E-state index contributed by atoms with van der Waals surface area (Å²) in [5.74, 6) is 1.37. The van der Waals surface area contributed by atoms with Gasteiger partial charge in [-0.05, 0) is 25.2 Å². The van der Waals surface area contributed by atoms with Crippen molar-refractivity contribution in [2.24, 2.45) is 11.8 Å². The molecule has 0 spiro atoms. The monoisotopic (exact) mass is 246 g/mol. The highest BCUT2D eigenvalue weighted by molar-refractivity contribution is 7.90. The summed E-state index contributed by atoms with van der Waals surface area (Å²) in [6.45, 7) is 2.23. The summed E-state index contributed by atoms with van der Waals surface area (Å²) in [6, 6.07) is 0. The van der Waals surface area contributed by atoms with Gasteiger partial charge >= 0.3 is 0 Å². The first-order valence-electron chi connectivity index (χ1n) is 6.09. The summed E-state index contributed by atoms with van der Waals surface area (Å²) < 4.78 is 21.8. The van der Waals surface area contributed by atoms with Crippen LogP contribution in [0.4, 0.5) is 0 Å². The third-order valence-electron chi connectivity index (χ3n) is 3.41. The van der Waals surface area contributed by atoms with Gasteiger partial charge in [0.15, 0.2) is 0 Å². The fraction of sp³-hybridized carbons (Fsp3) is 0.917. The molecule has 1 aliphatic rings. The Hall–Kier alpha value is -0.380. The lowest BCUT2D eigenvalue weighted by Gasteiger charge is -2.24. The Morgan fingerprint density at radius 1 is 1.19 bits per heavy atom. The Morgan fingerprint density at radius 3 is 2.25 bits per heavy atom. The van der Waals surface area contributed by atoms with E-state index in [1.54, 1.807) is 0 Å².